The van der Waals surface area contributed by atoms with Gasteiger partial charge in [0.25, 0.3) is 0 Å². The van der Waals surface area contributed by atoms with Crippen molar-refractivity contribution in [1.29, 1.82) is 0 Å². The highest BCUT2D eigenvalue weighted by Gasteiger charge is 2.19. The molecule has 0 N–H and O–H groups in total. The summed E-state index contributed by atoms with van der Waals surface area (Å²) in [4.78, 5) is 36.2. The molecule has 8 heteroatoms. The summed E-state index contributed by atoms with van der Waals surface area (Å²) in [7, 11) is -4.00. The number of ether oxygens (including phenoxy) is 2. The van der Waals surface area contributed by atoms with E-state index in [4.69, 9.17) is 14.0 Å². The standard InChI is InChI=1S/C40H75O7P/c1-4-6-8-10-12-14-16-18-20-22-24-26-28-30-32-34-39(41)45-36-38(37-46-48(3,43)44)47-40(42)35-33-31-29-27-25-23-21-19-17-15-13-11-9-7-5-2/h18-21,38H,4-17,22-37H2,1-3H3,(H,43,44)/p-1/b20-18-,21-19-/t38-/m0/s1. The Balaban J connectivity index is 3.97. The third-order valence-corrected chi connectivity index (χ3v) is 9.13. The average Bonchev–Trinajstić information content (AvgIpc) is 3.05. The number of esters is 2. The largest absolute Gasteiger partial charge is 0.779 e. The predicted molar refractivity (Wildman–Crippen MR) is 199 cm³/mol. The van der Waals surface area contributed by atoms with Crippen LogP contribution in [-0.2, 0) is 28.2 Å². The molecule has 0 heterocycles. The lowest BCUT2D eigenvalue weighted by molar-refractivity contribution is -0.200. The van der Waals surface area contributed by atoms with E-state index in [1.54, 1.807) is 0 Å². The highest BCUT2D eigenvalue weighted by molar-refractivity contribution is 7.50. The number of carbonyl (C=O) groups is 2. The molecule has 0 aliphatic rings. The zero-order chi connectivity index (χ0) is 35.4. The van der Waals surface area contributed by atoms with Crippen molar-refractivity contribution in [1.82, 2.24) is 0 Å². The fourth-order valence-corrected chi connectivity index (χ4v) is 5.95. The van der Waals surface area contributed by atoms with Crippen LogP contribution in [0.3, 0.4) is 0 Å². The van der Waals surface area contributed by atoms with E-state index in [0.29, 0.717) is 12.8 Å². The summed E-state index contributed by atoms with van der Waals surface area (Å²) in [6, 6.07) is 0. The first kappa shape index (κ1) is 46.6. The van der Waals surface area contributed by atoms with Crippen LogP contribution in [0.25, 0.3) is 0 Å². The van der Waals surface area contributed by atoms with Gasteiger partial charge in [-0.1, -0.05) is 141 Å². The van der Waals surface area contributed by atoms with Crippen molar-refractivity contribution >= 4 is 19.5 Å². The van der Waals surface area contributed by atoms with Crippen LogP contribution in [0.15, 0.2) is 24.3 Å². The first-order chi connectivity index (χ1) is 23.3. The van der Waals surface area contributed by atoms with Gasteiger partial charge >= 0.3 is 11.9 Å². The molecule has 2 atom stereocenters. The highest BCUT2D eigenvalue weighted by Crippen LogP contribution is 2.31. The quantitative estimate of drug-likeness (QED) is 0.0278. The van der Waals surface area contributed by atoms with Crippen LogP contribution in [0.5, 0.6) is 0 Å². The Morgan fingerprint density at radius 2 is 0.896 bits per heavy atom. The number of hydrogen-bond donors (Lipinski definition) is 0. The van der Waals surface area contributed by atoms with Gasteiger partial charge in [0.2, 0.25) is 0 Å². The third kappa shape index (κ3) is 37.4. The maximum atomic E-state index is 12.4. The van der Waals surface area contributed by atoms with Gasteiger partial charge in [-0.05, 0) is 64.2 Å². The van der Waals surface area contributed by atoms with E-state index in [1.165, 1.54) is 96.3 Å². The molecule has 7 nitrogen and oxygen atoms in total. The van der Waals surface area contributed by atoms with Gasteiger partial charge in [0, 0.05) is 19.5 Å². The van der Waals surface area contributed by atoms with E-state index in [0.717, 1.165) is 70.9 Å². The molecule has 1 unspecified atom stereocenters. The Hall–Kier alpha value is -1.43. The molecule has 0 aromatic rings. The van der Waals surface area contributed by atoms with E-state index < -0.39 is 19.7 Å². The maximum absolute atomic E-state index is 12.4. The number of carbonyl (C=O) groups excluding carboxylic acids is 2. The Labute approximate surface area is 296 Å². The molecule has 0 bridgehead atoms. The molecular formula is C40H74O7P-. The topological polar surface area (TPSA) is 102 Å². The summed E-state index contributed by atoms with van der Waals surface area (Å²) in [5.74, 6) is -0.793. The third-order valence-electron chi connectivity index (χ3n) is 8.51. The first-order valence-electron chi connectivity index (χ1n) is 19.9. The van der Waals surface area contributed by atoms with Crippen molar-refractivity contribution in [2.24, 2.45) is 0 Å². The molecule has 0 radical (unpaired) electrons. The van der Waals surface area contributed by atoms with Gasteiger partial charge in [-0.2, -0.15) is 0 Å². The lowest BCUT2D eigenvalue weighted by atomic mass is 10.1. The van der Waals surface area contributed by atoms with E-state index in [2.05, 4.69) is 38.2 Å². The normalized spacial score (nSPS) is 13.7. The molecule has 0 saturated carbocycles. The molecule has 0 saturated heterocycles. The van der Waals surface area contributed by atoms with Gasteiger partial charge in [-0.3, -0.25) is 9.59 Å². The molecule has 0 aromatic heterocycles. The molecule has 0 fully saturated rings. The fraction of sp³-hybridized carbons (Fsp3) is 0.850. The zero-order valence-electron chi connectivity index (χ0n) is 31.4. The Morgan fingerprint density at radius 1 is 0.542 bits per heavy atom. The summed E-state index contributed by atoms with van der Waals surface area (Å²) >= 11 is 0. The summed E-state index contributed by atoms with van der Waals surface area (Å²) in [5.41, 5.74) is 0. The molecule has 0 aromatic carbocycles. The molecule has 0 aliphatic carbocycles. The Bertz CT molecular complexity index is 835. The van der Waals surface area contributed by atoms with Crippen LogP contribution in [0.2, 0.25) is 0 Å². The summed E-state index contributed by atoms with van der Waals surface area (Å²) in [5, 5.41) is 0. The summed E-state index contributed by atoms with van der Waals surface area (Å²) < 4.78 is 27.1. The van der Waals surface area contributed by atoms with Crippen molar-refractivity contribution in [2.75, 3.05) is 19.9 Å². The molecular weight excluding hydrogens is 623 g/mol. The lowest BCUT2D eigenvalue weighted by Gasteiger charge is -2.23. The molecule has 0 amide bonds. The monoisotopic (exact) mass is 698 g/mol. The fourth-order valence-electron chi connectivity index (χ4n) is 5.52. The van der Waals surface area contributed by atoms with Crippen LogP contribution in [0, 0.1) is 0 Å². The van der Waals surface area contributed by atoms with Gasteiger partial charge in [0.05, 0.1) is 6.61 Å². The minimum Gasteiger partial charge on any atom is -0.779 e. The minimum atomic E-state index is -4.00. The first-order valence-corrected chi connectivity index (χ1v) is 21.9. The van der Waals surface area contributed by atoms with Crippen LogP contribution in [-0.4, -0.2) is 37.9 Å². The van der Waals surface area contributed by atoms with Gasteiger partial charge in [0.1, 0.15) is 14.2 Å². The Kier molecular flexibility index (Phi) is 34.3. The van der Waals surface area contributed by atoms with Gasteiger partial charge < -0.3 is 23.5 Å². The second kappa shape index (κ2) is 35.4. The highest BCUT2D eigenvalue weighted by atomic mass is 31.2. The Morgan fingerprint density at radius 3 is 1.29 bits per heavy atom. The van der Waals surface area contributed by atoms with Crippen molar-refractivity contribution in [2.45, 2.75) is 200 Å². The second-order valence-electron chi connectivity index (χ2n) is 13.5. The molecule has 0 rings (SSSR count). The molecule has 282 valence electrons. The molecule has 0 spiro atoms. The van der Waals surface area contributed by atoms with Crippen molar-refractivity contribution in [3.05, 3.63) is 24.3 Å². The SMILES string of the molecule is CCCCCCCC/C=C\CCCCCCCC(=O)OC[C@@H](COP(C)(=O)[O-])OC(=O)CCCCCCC/C=C\CCCCCCCC. The number of unbranched alkanes of at least 4 members (excludes halogenated alkanes) is 22. The van der Waals surface area contributed by atoms with E-state index in [-0.39, 0.29) is 25.6 Å². The number of allylic oxidation sites excluding steroid dienone is 4. The second-order valence-corrected chi connectivity index (χ2v) is 15.3. The predicted octanol–water partition coefficient (Wildman–Crippen LogP) is 11.7. The molecule has 0 aliphatic heterocycles. The van der Waals surface area contributed by atoms with Crippen molar-refractivity contribution in [3.63, 3.8) is 0 Å². The van der Waals surface area contributed by atoms with Gasteiger partial charge in [-0.25, -0.2) is 0 Å². The zero-order valence-corrected chi connectivity index (χ0v) is 32.3. The smallest absolute Gasteiger partial charge is 0.306 e. The van der Waals surface area contributed by atoms with Gasteiger partial charge in [0.15, 0.2) is 6.10 Å². The molecule has 48 heavy (non-hydrogen) atoms. The van der Waals surface area contributed by atoms with Crippen LogP contribution < -0.4 is 4.89 Å². The minimum absolute atomic E-state index is 0.206. The number of hydrogen-bond acceptors (Lipinski definition) is 7. The van der Waals surface area contributed by atoms with Crippen molar-refractivity contribution in [3.8, 4) is 0 Å². The van der Waals surface area contributed by atoms with Gasteiger partial charge in [-0.15, -0.1) is 0 Å². The van der Waals surface area contributed by atoms with Crippen LogP contribution in [0.1, 0.15) is 194 Å². The van der Waals surface area contributed by atoms with Crippen LogP contribution in [0.4, 0.5) is 0 Å². The summed E-state index contributed by atoms with van der Waals surface area (Å²) in [6.07, 6.45) is 39.6. The van der Waals surface area contributed by atoms with E-state index in [9.17, 15) is 19.0 Å². The maximum Gasteiger partial charge on any atom is 0.306 e. The van der Waals surface area contributed by atoms with E-state index in [1.807, 2.05) is 0 Å². The van der Waals surface area contributed by atoms with Crippen molar-refractivity contribution < 1.29 is 33.0 Å². The van der Waals surface area contributed by atoms with E-state index >= 15 is 0 Å². The lowest BCUT2D eigenvalue weighted by Crippen LogP contribution is -2.30. The summed E-state index contributed by atoms with van der Waals surface area (Å²) in [6.45, 7) is 4.91. The average molecular weight is 698 g/mol. The number of rotatable bonds is 36. The van der Waals surface area contributed by atoms with Crippen LogP contribution >= 0.6 is 7.60 Å².